The van der Waals surface area contributed by atoms with E-state index >= 15 is 0 Å². The Hall–Kier alpha value is -4.31. The molecule has 1 aromatic heterocycles. The fourth-order valence-corrected chi connectivity index (χ4v) is 5.74. The van der Waals surface area contributed by atoms with E-state index in [1.165, 1.54) is 17.7 Å². The zero-order chi connectivity index (χ0) is 33.1. The lowest BCUT2D eigenvalue weighted by atomic mass is 9.83. The third-order valence-corrected chi connectivity index (χ3v) is 8.82. The average Bonchev–Trinajstić information content (AvgIpc) is 3.50. The molecule has 238 valence electrons. The van der Waals surface area contributed by atoms with Crippen molar-refractivity contribution in [3.8, 4) is 22.5 Å². The van der Waals surface area contributed by atoms with Gasteiger partial charge < -0.3 is 9.84 Å². The Bertz CT molecular complexity index is 1930. The van der Waals surface area contributed by atoms with Gasteiger partial charge in [-0.1, -0.05) is 86.1 Å². The van der Waals surface area contributed by atoms with Crippen LogP contribution in [0.3, 0.4) is 0 Å². The standard InChI is InChI=1S/C36H34ClFN2O5S/c1-36(2,3)28-13-8-25(9-14-28)31(20-23-4-6-26(7-5-23)35(41)39-18-19-46(42,43)44)33-22-34(45-40-33)27-12-17-32(37)30(21-27)24-10-15-29(38)16-11-24/h4-17,21-22,31H,18-20H2,1-3H3,(H,39,41)(H,42,43,44). The van der Waals surface area contributed by atoms with E-state index in [1.807, 2.05) is 30.3 Å². The summed E-state index contributed by atoms with van der Waals surface area (Å²) in [5, 5.41) is 7.51. The van der Waals surface area contributed by atoms with Crippen LogP contribution in [0.5, 0.6) is 0 Å². The first-order chi connectivity index (χ1) is 21.8. The first-order valence-electron chi connectivity index (χ1n) is 14.7. The molecule has 10 heteroatoms. The maximum Gasteiger partial charge on any atom is 0.266 e. The van der Waals surface area contributed by atoms with Crippen LogP contribution in [0.2, 0.25) is 5.02 Å². The highest BCUT2D eigenvalue weighted by atomic mass is 35.5. The summed E-state index contributed by atoms with van der Waals surface area (Å²) in [5.41, 5.74) is 6.58. The average molecular weight is 661 g/mol. The molecular formula is C36H34ClFN2O5S. The number of hydrogen-bond acceptors (Lipinski definition) is 5. The second-order valence-electron chi connectivity index (χ2n) is 12.2. The molecule has 5 rings (SSSR count). The fraction of sp³-hybridized carbons (Fsp3) is 0.222. The molecule has 1 amide bonds. The Labute approximate surface area is 273 Å². The molecule has 0 saturated heterocycles. The Morgan fingerprint density at radius 1 is 0.935 bits per heavy atom. The summed E-state index contributed by atoms with van der Waals surface area (Å²) < 4.78 is 50.2. The highest BCUT2D eigenvalue weighted by Gasteiger charge is 2.22. The van der Waals surface area contributed by atoms with Crippen LogP contribution in [0.1, 0.15) is 59.4 Å². The molecule has 0 fully saturated rings. The molecule has 1 unspecified atom stereocenters. The van der Waals surface area contributed by atoms with Crippen LogP contribution in [0.15, 0.2) is 102 Å². The number of carbonyl (C=O) groups excluding carboxylic acids is 1. The van der Waals surface area contributed by atoms with E-state index < -0.39 is 21.8 Å². The van der Waals surface area contributed by atoms with Crippen molar-refractivity contribution in [1.82, 2.24) is 10.5 Å². The summed E-state index contributed by atoms with van der Waals surface area (Å²) in [4.78, 5) is 12.5. The Morgan fingerprint density at radius 2 is 1.59 bits per heavy atom. The molecule has 2 N–H and O–H groups in total. The van der Waals surface area contributed by atoms with Crippen molar-refractivity contribution in [2.45, 2.75) is 38.5 Å². The van der Waals surface area contributed by atoms with Gasteiger partial charge in [-0.3, -0.25) is 9.35 Å². The molecule has 0 saturated carbocycles. The summed E-state index contributed by atoms with van der Waals surface area (Å²) in [5.74, 6) is -0.941. The summed E-state index contributed by atoms with van der Waals surface area (Å²) >= 11 is 6.50. The minimum Gasteiger partial charge on any atom is -0.356 e. The molecule has 0 bridgehead atoms. The lowest BCUT2D eigenvalue weighted by Gasteiger charge is -2.21. The molecule has 0 radical (unpaired) electrons. The number of rotatable bonds is 10. The summed E-state index contributed by atoms with van der Waals surface area (Å²) in [7, 11) is -4.17. The second kappa shape index (κ2) is 13.6. The van der Waals surface area contributed by atoms with Crippen LogP contribution >= 0.6 is 11.6 Å². The number of amides is 1. The lowest BCUT2D eigenvalue weighted by molar-refractivity contribution is 0.0956. The molecule has 7 nitrogen and oxygen atoms in total. The first kappa shape index (κ1) is 33.1. The summed E-state index contributed by atoms with van der Waals surface area (Å²) in [6.45, 7) is 6.29. The molecular weight excluding hydrogens is 627 g/mol. The van der Waals surface area contributed by atoms with Gasteiger partial charge in [-0.25, -0.2) is 4.39 Å². The van der Waals surface area contributed by atoms with E-state index in [4.69, 9.17) is 20.7 Å². The number of nitrogens with zero attached hydrogens (tertiary/aromatic N) is 1. The van der Waals surface area contributed by atoms with Gasteiger partial charge in [0.15, 0.2) is 5.76 Å². The van der Waals surface area contributed by atoms with Gasteiger partial charge >= 0.3 is 0 Å². The number of carbonyl (C=O) groups is 1. The van der Waals surface area contributed by atoms with Gasteiger partial charge in [0.1, 0.15) is 5.82 Å². The van der Waals surface area contributed by atoms with Crippen molar-refractivity contribution in [3.63, 3.8) is 0 Å². The van der Waals surface area contributed by atoms with E-state index in [0.717, 1.165) is 33.5 Å². The van der Waals surface area contributed by atoms with E-state index in [2.05, 4.69) is 55.5 Å². The van der Waals surface area contributed by atoms with Gasteiger partial charge in [0, 0.05) is 40.2 Å². The first-order valence-corrected chi connectivity index (χ1v) is 16.7. The number of nitrogens with one attached hydrogen (secondary N) is 1. The minimum absolute atomic E-state index is 0.0103. The van der Waals surface area contributed by atoms with E-state index in [0.29, 0.717) is 22.8 Å². The summed E-state index contributed by atoms with van der Waals surface area (Å²) in [6.07, 6.45) is 0.562. The van der Waals surface area contributed by atoms with E-state index in [-0.39, 0.29) is 23.7 Å². The van der Waals surface area contributed by atoms with Crippen molar-refractivity contribution in [1.29, 1.82) is 0 Å². The van der Waals surface area contributed by atoms with Gasteiger partial charge in [-0.15, -0.1) is 0 Å². The van der Waals surface area contributed by atoms with Crippen molar-refractivity contribution >= 4 is 27.6 Å². The number of benzene rings is 4. The Balaban J connectivity index is 1.43. The van der Waals surface area contributed by atoms with Crippen LogP contribution in [0, 0.1) is 5.82 Å². The maximum absolute atomic E-state index is 13.5. The molecule has 0 aliphatic heterocycles. The highest BCUT2D eigenvalue weighted by Crippen LogP contribution is 2.36. The molecule has 4 aromatic carbocycles. The molecule has 1 atom stereocenters. The van der Waals surface area contributed by atoms with E-state index in [1.54, 1.807) is 30.3 Å². The summed E-state index contributed by atoms with van der Waals surface area (Å²) in [6, 6.07) is 29.1. The van der Waals surface area contributed by atoms with Gasteiger partial charge in [0.2, 0.25) is 0 Å². The van der Waals surface area contributed by atoms with E-state index in [9.17, 15) is 17.6 Å². The molecule has 0 aliphatic carbocycles. The van der Waals surface area contributed by atoms with Crippen LogP contribution < -0.4 is 5.32 Å². The van der Waals surface area contributed by atoms with Crippen LogP contribution in [0.4, 0.5) is 4.39 Å². The maximum atomic E-state index is 13.5. The zero-order valence-electron chi connectivity index (χ0n) is 25.6. The Morgan fingerprint density at radius 3 is 2.22 bits per heavy atom. The minimum atomic E-state index is -4.17. The van der Waals surface area contributed by atoms with Gasteiger partial charge in [-0.2, -0.15) is 8.42 Å². The highest BCUT2D eigenvalue weighted by molar-refractivity contribution is 7.85. The van der Waals surface area contributed by atoms with Crippen LogP contribution in [-0.4, -0.2) is 36.3 Å². The molecule has 1 heterocycles. The predicted octanol–water partition coefficient (Wildman–Crippen LogP) is 8.09. The predicted molar refractivity (Wildman–Crippen MR) is 178 cm³/mol. The molecule has 0 spiro atoms. The van der Waals surface area contributed by atoms with Crippen molar-refractivity contribution in [2.75, 3.05) is 12.3 Å². The smallest absolute Gasteiger partial charge is 0.266 e. The van der Waals surface area contributed by atoms with Crippen molar-refractivity contribution < 1.29 is 26.7 Å². The van der Waals surface area contributed by atoms with Crippen molar-refractivity contribution in [2.24, 2.45) is 0 Å². The van der Waals surface area contributed by atoms with Crippen molar-refractivity contribution in [3.05, 3.63) is 136 Å². The normalized spacial score (nSPS) is 12.6. The lowest BCUT2D eigenvalue weighted by Crippen LogP contribution is -2.28. The Kier molecular flexibility index (Phi) is 9.76. The molecule has 0 aliphatic rings. The van der Waals surface area contributed by atoms with Gasteiger partial charge in [0.05, 0.1) is 11.4 Å². The monoisotopic (exact) mass is 660 g/mol. The topological polar surface area (TPSA) is 110 Å². The molecule has 46 heavy (non-hydrogen) atoms. The number of halogens is 2. The number of aromatic nitrogens is 1. The van der Waals surface area contributed by atoms with Crippen LogP contribution in [-0.2, 0) is 22.0 Å². The van der Waals surface area contributed by atoms with Gasteiger partial charge in [0.25, 0.3) is 16.0 Å². The molecule has 5 aromatic rings. The SMILES string of the molecule is CC(C)(C)c1ccc(C(Cc2ccc(C(=O)NCCS(=O)(=O)O)cc2)c2cc(-c3ccc(Cl)c(-c4ccc(F)cc4)c3)on2)cc1. The van der Waals surface area contributed by atoms with Gasteiger partial charge in [-0.05, 0) is 76.6 Å². The third kappa shape index (κ3) is 8.28. The quantitative estimate of drug-likeness (QED) is 0.147. The zero-order valence-corrected chi connectivity index (χ0v) is 27.2. The largest absolute Gasteiger partial charge is 0.356 e. The second-order valence-corrected chi connectivity index (χ2v) is 14.2. The fourth-order valence-electron chi connectivity index (χ4n) is 5.15. The van der Waals surface area contributed by atoms with Crippen LogP contribution in [0.25, 0.3) is 22.5 Å². The number of hydrogen-bond donors (Lipinski definition) is 2. The third-order valence-electron chi connectivity index (χ3n) is 7.77.